The van der Waals surface area contributed by atoms with Gasteiger partial charge in [-0.15, -0.1) is 5.53 Å². The van der Waals surface area contributed by atoms with Gasteiger partial charge in [0, 0.05) is 77.4 Å². The molecule has 2 saturated heterocycles. The summed E-state index contributed by atoms with van der Waals surface area (Å²) in [5.74, 6) is -0.460. The lowest BCUT2D eigenvalue weighted by Gasteiger charge is -2.42. The summed E-state index contributed by atoms with van der Waals surface area (Å²) in [6, 6.07) is 10.5. The fourth-order valence-corrected chi connectivity index (χ4v) is 8.26. The molecule has 278 valence electrons. The van der Waals surface area contributed by atoms with Gasteiger partial charge in [-0.2, -0.15) is 5.26 Å². The third-order valence-electron chi connectivity index (χ3n) is 11.1. The van der Waals surface area contributed by atoms with Gasteiger partial charge in [-0.25, -0.2) is 4.39 Å². The molecule has 3 atom stereocenters. The van der Waals surface area contributed by atoms with Crippen LogP contribution in [0.5, 0.6) is 0 Å². The molecule has 2 aromatic carbocycles. The molecule has 3 aromatic rings. The van der Waals surface area contributed by atoms with Crippen LogP contribution in [0.3, 0.4) is 0 Å². The van der Waals surface area contributed by atoms with Crippen LogP contribution in [0.1, 0.15) is 65.9 Å². The fourth-order valence-electron chi connectivity index (χ4n) is 7.81. The summed E-state index contributed by atoms with van der Waals surface area (Å²) < 4.78 is 14.0. The summed E-state index contributed by atoms with van der Waals surface area (Å²) in [5, 5.41) is 20.2. The van der Waals surface area contributed by atoms with Crippen molar-refractivity contribution in [3.05, 3.63) is 93.7 Å². The number of fused-ring (bicyclic) bond motifs is 1. The Morgan fingerprint density at radius 1 is 1.11 bits per heavy atom. The molecule has 0 spiro atoms. The van der Waals surface area contributed by atoms with Gasteiger partial charge in [0.2, 0.25) is 5.91 Å². The maximum atomic E-state index is 14.0. The van der Waals surface area contributed by atoms with Crippen LogP contribution in [0.2, 0.25) is 10.0 Å². The van der Waals surface area contributed by atoms with Gasteiger partial charge in [-0.05, 0) is 83.7 Å². The highest BCUT2D eigenvalue weighted by atomic mass is 35.5. The minimum atomic E-state index is -0.542. The van der Waals surface area contributed by atoms with E-state index >= 15 is 0 Å². The molecule has 1 aromatic heterocycles. The zero-order valence-electron chi connectivity index (χ0n) is 30.7. The van der Waals surface area contributed by atoms with Crippen LogP contribution in [0.4, 0.5) is 21.5 Å². The normalized spacial score (nSPS) is 22.8. The van der Waals surface area contributed by atoms with Crippen molar-refractivity contribution in [1.29, 1.82) is 5.26 Å². The number of piperidine rings is 1. The van der Waals surface area contributed by atoms with Crippen LogP contribution < -0.4 is 21.6 Å². The Kier molecular flexibility index (Phi) is 10.1. The first-order valence-corrected chi connectivity index (χ1v) is 19.0. The van der Waals surface area contributed by atoms with E-state index in [1.807, 2.05) is 29.2 Å². The molecule has 7 rings (SSSR count). The second-order valence-corrected chi connectivity index (χ2v) is 16.6. The zero-order chi connectivity index (χ0) is 37.7. The number of halogens is 3. The second-order valence-electron chi connectivity index (χ2n) is 15.8. The number of carbonyl (C=O) groups excluding carboxylic acids is 1. The first-order chi connectivity index (χ1) is 25.2. The van der Waals surface area contributed by atoms with E-state index in [0.29, 0.717) is 45.5 Å². The van der Waals surface area contributed by atoms with Gasteiger partial charge in [0.1, 0.15) is 11.9 Å². The van der Waals surface area contributed by atoms with Gasteiger partial charge in [0.05, 0.1) is 38.6 Å². The number of rotatable bonds is 8. The molecule has 1 aliphatic carbocycles. The number of nitrogens with one attached hydrogen (secondary N) is 4. The number of carbonyl (C=O) groups is 1. The lowest BCUT2D eigenvalue weighted by Crippen LogP contribution is -2.53. The number of aromatic nitrogens is 1. The first kappa shape index (κ1) is 37.0. The average Bonchev–Trinajstić information content (AvgIpc) is 3.61. The standard InChI is InChI=1S/C40H46Cl2FN9O/c1-24-10-16-51(24)38(53)25-7-6-13-40(5,20-25)37(34-23-52(49-48-34)29-11-14-50(15-12-29)39(2,3)4)47-28-17-30-35(46-27-8-9-33(43)31(41)18-27)26(21-44)22-45-36(30)32(42)19-28/h6-9,13,17-19,22-24,29,37,47-49H,10-12,14-16,20H2,1-5H3,(H,45,46)/t24?,37-,40?/m1/s1. The smallest absolute Gasteiger partial charge is 0.250 e. The number of benzene rings is 2. The number of hydrogen-bond acceptors (Lipinski definition) is 9. The van der Waals surface area contributed by atoms with Crippen molar-refractivity contribution in [2.24, 2.45) is 5.41 Å². The van der Waals surface area contributed by atoms with Gasteiger partial charge in [-0.1, -0.05) is 48.4 Å². The van der Waals surface area contributed by atoms with Crippen LogP contribution in [0.15, 0.2) is 72.2 Å². The lowest BCUT2D eigenvalue weighted by atomic mass is 9.72. The molecular weight excluding hydrogens is 712 g/mol. The first-order valence-electron chi connectivity index (χ1n) is 18.2. The Hall–Kier alpha value is -4.34. The van der Waals surface area contributed by atoms with Crippen molar-refractivity contribution in [3.63, 3.8) is 0 Å². The number of nitriles is 1. The van der Waals surface area contributed by atoms with Gasteiger partial charge < -0.3 is 21.0 Å². The van der Waals surface area contributed by atoms with E-state index in [1.165, 1.54) is 18.3 Å². The van der Waals surface area contributed by atoms with Gasteiger partial charge in [0.15, 0.2) is 0 Å². The minimum Gasteiger partial charge on any atom is -0.376 e. The minimum absolute atomic E-state index is 0.0425. The Labute approximate surface area is 320 Å². The molecule has 53 heavy (non-hydrogen) atoms. The van der Waals surface area contributed by atoms with Crippen LogP contribution in [0, 0.1) is 22.6 Å². The summed E-state index contributed by atoms with van der Waals surface area (Å²) >= 11 is 13.0. The molecule has 2 unspecified atom stereocenters. The summed E-state index contributed by atoms with van der Waals surface area (Å²) in [4.78, 5) is 22.7. The molecule has 4 heterocycles. The summed E-state index contributed by atoms with van der Waals surface area (Å²) in [7, 11) is 0. The number of pyridine rings is 1. The highest BCUT2D eigenvalue weighted by molar-refractivity contribution is 6.36. The molecule has 0 bridgehead atoms. The van der Waals surface area contributed by atoms with Gasteiger partial charge in [-0.3, -0.25) is 19.7 Å². The molecule has 10 nitrogen and oxygen atoms in total. The maximum absolute atomic E-state index is 14.0. The third-order valence-corrected chi connectivity index (χ3v) is 11.7. The number of allylic oxidation sites excluding steroid dienone is 2. The van der Waals surface area contributed by atoms with E-state index in [0.717, 1.165) is 50.2 Å². The molecule has 4 aliphatic rings. The van der Waals surface area contributed by atoms with Crippen molar-refractivity contribution in [2.45, 2.75) is 84.0 Å². The summed E-state index contributed by atoms with van der Waals surface area (Å²) in [6.45, 7) is 13.8. The topological polar surface area (TPSA) is 112 Å². The largest absolute Gasteiger partial charge is 0.376 e. The second kappa shape index (κ2) is 14.5. The van der Waals surface area contributed by atoms with Crippen LogP contribution in [-0.2, 0) is 4.79 Å². The number of anilines is 3. The monoisotopic (exact) mass is 757 g/mol. The van der Waals surface area contributed by atoms with Crippen molar-refractivity contribution in [1.82, 2.24) is 30.8 Å². The molecule has 13 heteroatoms. The summed E-state index contributed by atoms with van der Waals surface area (Å²) in [5.41, 5.74) is 10.6. The predicted molar refractivity (Wildman–Crippen MR) is 210 cm³/mol. The quantitative estimate of drug-likeness (QED) is 0.182. The zero-order valence-corrected chi connectivity index (χ0v) is 32.2. The van der Waals surface area contributed by atoms with Crippen molar-refractivity contribution >= 4 is 57.1 Å². The molecule has 0 saturated carbocycles. The average molecular weight is 759 g/mol. The highest BCUT2D eigenvalue weighted by Crippen LogP contribution is 2.42. The lowest BCUT2D eigenvalue weighted by molar-refractivity contribution is -0.134. The van der Waals surface area contributed by atoms with E-state index in [1.54, 1.807) is 6.07 Å². The van der Waals surface area contributed by atoms with Gasteiger partial charge >= 0.3 is 0 Å². The Balaban J connectivity index is 1.24. The van der Waals surface area contributed by atoms with Crippen LogP contribution in [0.25, 0.3) is 10.9 Å². The molecular formula is C40H46Cl2FN9O. The molecule has 4 N–H and O–H groups in total. The van der Waals surface area contributed by atoms with Crippen molar-refractivity contribution < 1.29 is 9.18 Å². The number of nitrogens with zero attached hydrogens (tertiary/aromatic N) is 5. The molecule has 1 amide bonds. The molecule has 3 aliphatic heterocycles. The SMILES string of the molecule is CC1CCN1C(=O)C1=CC=CC(C)([C@H](Nc2cc(Cl)c3ncc(C#N)c(Nc4ccc(F)c(Cl)c4)c3c2)C2=CN(C3CCN(C(C)(C)C)CC3)NN2)C1. The van der Waals surface area contributed by atoms with Crippen molar-refractivity contribution in [3.8, 4) is 6.07 Å². The Morgan fingerprint density at radius 2 is 1.87 bits per heavy atom. The number of hydrogen-bond donors (Lipinski definition) is 4. The maximum Gasteiger partial charge on any atom is 0.250 e. The van der Waals surface area contributed by atoms with E-state index in [4.69, 9.17) is 23.2 Å². The van der Waals surface area contributed by atoms with E-state index in [-0.39, 0.29) is 34.1 Å². The highest BCUT2D eigenvalue weighted by Gasteiger charge is 2.42. The predicted octanol–water partition coefficient (Wildman–Crippen LogP) is 8.02. The van der Waals surface area contributed by atoms with E-state index in [2.05, 4.69) is 89.5 Å². The third kappa shape index (κ3) is 7.43. The Morgan fingerprint density at radius 3 is 2.53 bits per heavy atom. The van der Waals surface area contributed by atoms with E-state index in [9.17, 15) is 14.4 Å². The number of likely N-dealkylation sites (tertiary alicyclic amines) is 2. The summed E-state index contributed by atoms with van der Waals surface area (Å²) in [6.07, 6.45) is 13.3. The fraction of sp³-hybridized carbons (Fsp3) is 0.425. The van der Waals surface area contributed by atoms with Gasteiger partial charge in [0.25, 0.3) is 0 Å². The number of hydrazine groups is 2. The van der Waals surface area contributed by atoms with Crippen LogP contribution in [-0.4, -0.2) is 69.0 Å². The molecule has 2 fully saturated rings. The number of amides is 1. The molecule has 0 radical (unpaired) electrons. The van der Waals surface area contributed by atoms with Crippen LogP contribution >= 0.6 is 23.2 Å². The Bertz CT molecular complexity index is 2060. The van der Waals surface area contributed by atoms with E-state index < -0.39 is 11.2 Å². The van der Waals surface area contributed by atoms with Crippen molar-refractivity contribution in [2.75, 3.05) is 30.3 Å².